The quantitative estimate of drug-likeness (QED) is 0.570. The van der Waals surface area contributed by atoms with Crippen molar-refractivity contribution in [2.45, 2.75) is 19.5 Å². The summed E-state index contributed by atoms with van der Waals surface area (Å²) in [5, 5.41) is 7.44. The molecule has 0 radical (unpaired) electrons. The van der Waals surface area contributed by atoms with Crippen LogP contribution in [0.5, 0.6) is 17.2 Å². The molecule has 0 spiro atoms. The zero-order valence-electron chi connectivity index (χ0n) is 17.9. The molecule has 0 saturated carbocycles. The Hall–Kier alpha value is -3.25. The number of methoxy groups -OCH3 is 3. The molecule has 0 aliphatic carbocycles. The van der Waals surface area contributed by atoms with Crippen molar-refractivity contribution in [3.63, 3.8) is 0 Å². The Balaban J connectivity index is 1.60. The zero-order valence-corrected chi connectivity index (χ0v) is 17.9. The van der Waals surface area contributed by atoms with Gasteiger partial charge in [0.05, 0.1) is 21.3 Å². The summed E-state index contributed by atoms with van der Waals surface area (Å²) in [6, 6.07) is 18.4. The Labute approximate surface area is 177 Å². The lowest BCUT2D eigenvalue weighted by Gasteiger charge is -2.15. The van der Waals surface area contributed by atoms with Crippen LogP contribution >= 0.6 is 0 Å². The van der Waals surface area contributed by atoms with Crippen LogP contribution in [0.4, 0.5) is 0 Å². The molecule has 6 heteroatoms. The predicted octanol–water partition coefficient (Wildman–Crippen LogP) is 2.81. The minimum atomic E-state index is -0.0316. The average molecular weight is 410 g/mol. The van der Waals surface area contributed by atoms with Gasteiger partial charge in [0.2, 0.25) is 5.75 Å². The molecule has 0 aliphatic heterocycles. The highest BCUT2D eigenvalue weighted by atomic mass is 16.5. The van der Waals surface area contributed by atoms with Crippen molar-refractivity contribution in [3.05, 3.63) is 65.7 Å². The maximum Gasteiger partial charge on any atom is 0.275 e. The van der Waals surface area contributed by atoms with E-state index < -0.39 is 0 Å². The summed E-state index contributed by atoms with van der Waals surface area (Å²) in [5.74, 6) is 1.64. The third-order valence-electron chi connectivity index (χ3n) is 5.18. The van der Waals surface area contributed by atoms with Gasteiger partial charge in [-0.05, 0) is 35.4 Å². The van der Waals surface area contributed by atoms with Crippen LogP contribution in [0.15, 0.2) is 54.6 Å². The monoisotopic (exact) mass is 409 g/mol. The number of hydrogen-bond acceptors (Lipinski definition) is 4. The number of carbonyl (C=O) groups excluding carboxylic acids is 1. The maximum absolute atomic E-state index is 12.4. The smallest absolute Gasteiger partial charge is 0.275 e. The topological polar surface area (TPSA) is 73.4 Å². The molecule has 1 amide bonds. The third kappa shape index (κ3) is 4.83. The summed E-state index contributed by atoms with van der Waals surface area (Å²) in [5.41, 5.74) is 2.10. The van der Waals surface area contributed by atoms with Crippen LogP contribution in [0.25, 0.3) is 10.8 Å². The van der Waals surface area contributed by atoms with E-state index in [0.29, 0.717) is 30.3 Å². The van der Waals surface area contributed by atoms with E-state index in [-0.39, 0.29) is 11.9 Å². The van der Waals surface area contributed by atoms with E-state index in [0.717, 1.165) is 5.56 Å². The molecular weight excluding hydrogens is 380 g/mol. The van der Waals surface area contributed by atoms with Gasteiger partial charge in [0.1, 0.15) is 6.04 Å². The van der Waals surface area contributed by atoms with Crippen molar-refractivity contribution in [1.82, 2.24) is 5.32 Å². The molecule has 0 aromatic heterocycles. The Morgan fingerprint density at radius 1 is 0.967 bits per heavy atom. The van der Waals surface area contributed by atoms with Crippen LogP contribution in [0.1, 0.15) is 24.1 Å². The lowest BCUT2D eigenvalue weighted by atomic mass is 10.00. The fourth-order valence-electron chi connectivity index (χ4n) is 3.57. The molecule has 3 aromatic carbocycles. The number of quaternary nitrogens is 1. The molecule has 3 aromatic rings. The first-order valence-electron chi connectivity index (χ1n) is 9.94. The fourth-order valence-corrected chi connectivity index (χ4v) is 3.57. The standard InChI is InChI=1S/C24H28N2O4/c1-16(19-11-7-9-18-8-5-6-10-20(18)19)25-15-23(27)26-14-17-12-21(28-2)24(30-4)22(13-17)29-3/h5-13,16,25H,14-15H2,1-4H3,(H,26,27)/p+1/t16-/m1/s1. The first-order valence-corrected chi connectivity index (χ1v) is 9.94. The van der Waals surface area contributed by atoms with E-state index in [2.05, 4.69) is 42.6 Å². The number of hydrogen-bond donors (Lipinski definition) is 2. The van der Waals surface area contributed by atoms with Gasteiger partial charge in [0, 0.05) is 12.1 Å². The van der Waals surface area contributed by atoms with Gasteiger partial charge in [-0.3, -0.25) is 4.79 Å². The van der Waals surface area contributed by atoms with E-state index in [1.165, 1.54) is 16.3 Å². The van der Waals surface area contributed by atoms with Gasteiger partial charge < -0.3 is 24.8 Å². The van der Waals surface area contributed by atoms with Crippen LogP contribution < -0.4 is 24.8 Å². The van der Waals surface area contributed by atoms with Gasteiger partial charge in [0.25, 0.3) is 5.91 Å². The molecule has 0 fully saturated rings. The van der Waals surface area contributed by atoms with Crippen LogP contribution in [-0.2, 0) is 11.3 Å². The van der Waals surface area contributed by atoms with Crippen molar-refractivity contribution >= 4 is 16.7 Å². The van der Waals surface area contributed by atoms with Crippen molar-refractivity contribution in [2.24, 2.45) is 0 Å². The summed E-state index contributed by atoms with van der Waals surface area (Å²) in [7, 11) is 4.71. The molecule has 3 rings (SSSR count). The zero-order chi connectivity index (χ0) is 21.5. The Bertz CT molecular complexity index is 989. The van der Waals surface area contributed by atoms with Gasteiger partial charge >= 0.3 is 0 Å². The molecule has 0 unspecified atom stereocenters. The second kappa shape index (κ2) is 9.98. The van der Waals surface area contributed by atoms with E-state index in [9.17, 15) is 4.79 Å². The number of fused-ring (bicyclic) bond motifs is 1. The Morgan fingerprint density at radius 2 is 1.63 bits per heavy atom. The van der Waals surface area contributed by atoms with Gasteiger partial charge in [0.15, 0.2) is 18.0 Å². The fraction of sp³-hybridized carbons (Fsp3) is 0.292. The summed E-state index contributed by atoms with van der Waals surface area (Å²) < 4.78 is 16.1. The highest BCUT2D eigenvalue weighted by Crippen LogP contribution is 2.38. The largest absolute Gasteiger partial charge is 0.493 e. The average Bonchev–Trinajstić information content (AvgIpc) is 2.79. The van der Waals surface area contributed by atoms with E-state index in [4.69, 9.17) is 14.2 Å². The molecule has 158 valence electrons. The predicted molar refractivity (Wildman–Crippen MR) is 117 cm³/mol. The maximum atomic E-state index is 12.4. The van der Waals surface area contributed by atoms with Gasteiger partial charge in [-0.2, -0.15) is 0 Å². The highest BCUT2D eigenvalue weighted by molar-refractivity contribution is 5.86. The lowest BCUT2D eigenvalue weighted by Crippen LogP contribution is -2.87. The minimum absolute atomic E-state index is 0.0316. The number of rotatable bonds is 9. The second-order valence-electron chi connectivity index (χ2n) is 7.11. The van der Waals surface area contributed by atoms with E-state index in [1.807, 2.05) is 29.6 Å². The third-order valence-corrected chi connectivity index (χ3v) is 5.18. The molecule has 0 saturated heterocycles. The van der Waals surface area contributed by atoms with Crippen LogP contribution in [0.2, 0.25) is 0 Å². The van der Waals surface area contributed by atoms with Gasteiger partial charge in [-0.1, -0.05) is 42.5 Å². The normalized spacial score (nSPS) is 11.7. The molecule has 30 heavy (non-hydrogen) atoms. The molecule has 6 nitrogen and oxygen atoms in total. The lowest BCUT2D eigenvalue weighted by molar-refractivity contribution is -0.682. The Morgan fingerprint density at radius 3 is 2.30 bits per heavy atom. The Kier molecular flexibility index (Phi) is 7.14. The first kappa shape index (κ1) is 21.5. The summed E-state index contributed by atoms with van der Waals surface area (Å²) in [6.45, 7) is 2.84. The van der Waals surface area contributed by atoms with Gasteiger partial charge in [-0.25, -0.2) is 0 Å². The molecule has 0 heterocycles. The molecular formula is C24H29N2O4+. The number of nitrogens with one attached hydrogen (secondary N) is 1. The number of carbonyl (C=O) groups is 1. The summed E-state index contributed by atoms with van der Waals surface area (Å²) in [4.78, 5) is 12.4. The summed E-state index contributed by atoms with van der Waals surface area (Å²) >= 11 is 0. The number of nitrogens with two attached hydrogens (primary N) is 1. The molecule has 1 atom stereocenters. The van der Waals surface area contributed by atoms with Crippen molar-refractivity contribution < 1.29 is 24.3 Å². The number of amides is 1. The number of benzene rings is 3. The highest BCUT2D eigenvalue weighted by Gasteiger charge is 2.16. The number of ether oxygens (including phenoxy) is 3. The van der Waals surface area contributed by atoms with Crippen molar-refractivity contribution in [3.8, 4) is 17.2 Å². The van der Waals surface area contributed by atoms with E-state index in [1.54, 1.807) is 21.3 Å². The van der Waals surface area contributed by atoms with Crippen LogP contribution in [-0.4, -0.2) is 33.8 Å². The van der Waals surface area contributed by atoms with Crippen molar-refractivity contribution in [1.29, 1.82) is 0 Å². The molecule has 0 aliphatic rings. The second-order valence-corrected chi connectivity index (χ2v) is 7.11. The molecule has 0 bridgehead atoms. The first-order chi connectivity index (χ1) is 14.6. The van der Waals surface area contributed by atoms with Crippen molar-refractivity contribution in [2.75, 3.05) is 27.9 Å². The van der Waals surface area contributed by atoms with E-state index >= 15 is 0 Å². The molecule has 3 N–H and O–H groups in total. The van der Waals surface area contributed by atoms with Crippen LogP contribution in [0, 0.1) is 0 Å². The van der Waals surface area contributed by atoms with Crippen LogP contribution in [0.3, 0.4) is 0 Å². The van der Waals surface area contributed by atoms with Gasteiger partial charge in [-0.15, -0.1) is 0 Å². The minimum Gasteiger partial charge on any atom is -0.493 e. The summed E-state index contributed by atoms with van der Waals surface area (Å²) in [6.07, 6.45) is 0. The SMILES string of the molecule is COc1cc(CNC(=O)C[NH2+][C@H](C)c2cccc3ccccc23)cc(OC)c1OC.